The Morgan fingerprint density at radius 3 is 2.62 bits per heavy atom. The van der Waals surface area contributed by atoms with Crippen LogP contribution in [0, 0.1) is 11.3 Å². The summed E-state index contributed by atoms with van der Waals surface area (Å²) < 4.78 is 2.01. The van der Waals surface area contributed by atoms with E-state index in [1.54, 1.807) is 30.3 Å². The van der Waals surface area contributed by atoms with Gasteiger partial charge in [-0.1, -0.05) is 0 Å². The van der Waals surface area contributed by atoms with Crippen molar-refractivity contribution in [2.75, 3.05) is 5.32 Å². The van der Waals surface area contributed by atoms with Gasteiger partial charge in [-0.2, -0.15) is 5.26 Å². The van der Waals surface area contributed by atoms with E-state index in [1.807, 2.05) is 42.1 Å². The Balaban J connectivity index is 1.84. The lowest BCUT2D eigenvalue weighted by molar-refractivity contribution is 0.102. The highest BCUT2D eigenvalue weighted by Crippen LogP contribution is 2.18. The summed E-state index contributed by atoms with van der Waals surface area (Å²) in [5.74, 6) is -0.162. The van der Waals surface area contributed by atoms with Gasteiger partial charge in [0.15, 0.2) is 0 Å². The van der Waals surface area contributed by atoms with E-state index in [0.29, 0.717) is 16.8 Å². The highest BCUT2D eigenvalue weighted by molar-refractivity contribution is 6.06. The standard InChI is InChI=1S/C17H13N3O/c1-20-9-8-13-10-14(4-7-16(13)20)17(21)19-15-5-2-12(11-18)3-6-15/h2-10H,1H3,(H,19,21). The molecule has 2 aromatic carbocycles. The molecule has 1 aromatic heterocycles. The number of carbonyl (C=O) groups excluding carboxylic acids is 1. The highest BCUT2D eigenvalue weighted by atomic mass is 16.1. The molecule has 0 bridgehead atoms. The van der Waals surface area contributed by atoms with Crippen LogP contribution in [-0.4, -0.2) is 10.5 Å². The smallest absolute Gasteiger partial charge is 0.255 e. The molecule has 102 valence electrons. The van der Waals surface area contributed by atoms with Gasteiger partial charge in [0.1, 0.15) is 0 Å². The predicted octanol–water partition coefficient (Wildman–Crippen LogP) is 3.30. The summed E-state index contributed by atoms with van der Waals surface area (Å²) in [6.45, 7) is 0. The first-order valence-corrected chi connectivity index (χ1v) is 6.54. The van der Waals surface area contributed by atoms with Crippen LogP contribution in [0.1, 0.15) is 15.9 Å². The van der Waals surface area contributed by atoms with Crippen molar-refractivity contribution < 1.29 is 4.79 Å². The van der Waals surface area contributed by atoms with Gasteiger partial charge in [0.25, 0.3) is 5.91 Å². The lowest BCUT2D eigenvalue weighted by Crippen LogP contribution is -2.11. The van der Waals surface area contributed by atoms with Gasteiger partial charge in [0.2, 0.25) is 0 Å². The number of hydrogen-bond acceptors (Lipinski definition) is 2. The number of amides is 1. The van der Waals surface area contributed by atoms with Crippen LogP contribution in [0.4, 0.5) is 5.69 Å². The van der Waals surface area contributed by atoms with Gasteiger partial charge in [0.05, 0.1) is 11.6 Å². The Bertz CT molecular complexity index is 854. The van der Waals surface area contributed by atoms with Crippen molar-refractivity contribution in [1.29, 1.82) is 5.26 Å². The number of nitrogens with zero attached hydrogens (tertiary/aromatic N) is 2. The largest absolute Gasteiger partial charge is 0.351 e. The molecule has 0 fully saturated rings. The Kier molecular flexibility index (Phi) is 3.17. The van der Waals surface area contributed by atoms with Crippen molar-refractivity contribution in [2.24, 2.45) is 7.05 Å². The third-order valence-electron chi connectivity index (χ3n) is 3.42. The second-order valence-electron chi connectivity index (χ2n) is 4.84. The van der Waals surface area contributed by atoms with Crippen LogP contribution in [0.3, 0.4) is 0 Å². The van der Waals surface area contributed by atoms with Crippen molar-refractivity contribution in [1.82, 2.24) is 4.57 Å². The normalized spacial score (nSPS) is 10.3. The Labute approximate surface area is 122 Å². The van der Waals surface area contributed by atoms with Gasteiger partial charge in [-0.3, -0.25) is 4.79 Å². The van der Waals surface area contributed by atoms with Crippen molar-refractivity contribution in [2.45, 2.75) is 0 Å². The van der Waals surface area contributed by atoms with E-state index in [2.05, 4.69) is 5.32 Å². The second-order valence-corrected chi connectivity index (χ2v) is 4.84. The van der Waals surface area contributed by atoms with Crippen LogP contribution in [0.5, 0.6) is 0 Å². The van der Waals surface area contributed by atoms with E-state index >= 15 is 0 Å². The molecule has 21 heavy (non-hydrogen) atoms. The molecule has 0 spiro atoms. The predicted molar refractivity (Wildman–Crippen MR) is 82.0 cm³/mol. The van der Waals surface area contributed by atoms with Crippen LogP contribution < -0.4 is 5.32 Å². The monoisotopic (exact) mass is 275 g/mol. The number of fused-ring (bicyclic) bond motifs is 1. The van der Waals surface area contributed by atoms with E-state index in [9.17, 15) is 4.79 Å². The van der Waals surface area contributed by atoms with Gasteiger partial charge in [-0.25, -0.2) is 0 Å². The van der Waals surface area contributed by atoms with Crippen molar-refractivity contribution in [3.05, 3.63) is 65.9 Å². The molecule has 0 aliphatic carbocycles. The minimum Gasteiger partial charge on any atom is -0.351 e. The van der Waals surface area contributed by atoms with E-state index in [4.69, 9.17) is 5.26 Å². The SMILES string of the molecule is Cn1ccc2cc(C(=O)Nc3ccc(C#N)cc3)ccc21. The van der Waals surface area contributed by atoms with Crippen LogP contribution in [0.2, 0.25) is 0 Å². The fraction of sp³-hybridized carbons (Fsp3) is 0.0588. The third-order valence-corrected chi connectivity index (χ3v) is 3.42. The maximum atomic E-state index is 12.2. The number of aryl methyl sites for hydroxylation is 1. The molecule has 0 radical (unpaired) electrons. The minimum absolute atomic E-state index is 0.162. The molecule has 4 heteroatoms. The third kappa shape index (κ3) is 2.49. The molecule has 0 aliphatic rings. The van der Waals surface area contributed by atoms with E-state index in [-0.39, 0.29) is 5.91 Å². The topological polar surface area (TPSA) is 57.8 Å². The molecule has 3 rings (SSSR count). The summed E-state index contributed by atoms with van der Waals surface area (Å²) in [6.07, 6.45) is 1.97. The summed E-state index contributed by atoms with van der Waals surface area (Å²) in [4.78, 5) is 12.2. The van der Waals surface area contributed by atoms with Crippen LogP contribution in [0.15, 0.2) is 54.7 Å². The molecule has 0 unspecified atom stereocenters. The summed E-state index contributed by atoms with van der Waals surface area (Å²) in [5, 5.41) is 12.6. The first kappa shape index (κ1) is 12.9. The molecular weight excluding hydrogens is 262 g/mol. The van der Waals surface area contributed by atoms with Crippen molar-refractivity contribution >= 4 is 22.5 Å². The van der Waals surface area contributed by atoms with Gasteiger partial charge >= 0.3 is 0 Å². The second kappa shape index (κ2) is 5.14. The molecule has 3 aromatic rings. The number of anilines is 1. The molecule has 0 aliphatic heterocycles. The van der Waals surface area contributed by atoms with Gasteiger partial charge in [-0.05, 0) is 48.5 Å². The average molecular weight is 275 g/mol. The van der Waals surface area contributed by atoms with Crippen molar-refractivity contribution in [3.8, 4) is 6.07 Å². The Morgan fingerprint density at radius 2 is 1.90 bits per heavy atom. The summed E-state index contributed by atoms with van der Waals surface area (Å²) in [7, 11) is 1.97. The Morgan fingerprint density at radius 1 is 1.14 bits per heavy atom. The first-order valence-electron chi connectivity index (χ1n) is 6.54. The maximum absolute atomic E-state index is 12.2. The molecular formula is C17H13N3O. The first-order chi connectivity index (χ1) is 10.2. The number of rotatable bonds is 2. The van der Waals surface area contributed by atoms with E-state index in [0.717, 1.165) is 10.9 Å². The molecule has 0 saturated carbocycles. The lowest BCUT2D eigenvalue weighted by atomic mass is 10.1. The molecule has 1 amide bonds. The van der Waals surface area contributed by atoms with Gasteiger partial charge in [-0.15, -0.1) is 0 Å². The van der Waals surface area contributed by atoms with Gasteiger partial charge in [0, 0.05) is 35.4 Å². The lowest BCUT2D eigenvalue weighted by Gasteiger charge is -2.06. The number of nitriles is 1. The van der Waals surface area contributed by atoms with Crippen LogP contribution in [-0.2, 0) is 7.05 Å². The van der Waals surface area contributed by atoms with Gasteiger partial charge < -0.3 is 9.88 Å². The summed E-state index contributed by atoms with van der Waals surface area (Å²) >= 11 is 0. The fourth-order valence-corrected chi connectivity index (χ4v) is 2.25. The molecule has 0 saturated heterocycles. The zero-order chi connectivity index (χ0) is 14.8. The summed E-state index contributed by atoms with van der Waals surface area (Å²) in [5.41, 5.74) is 2.94. The molecule has 0 atom stereocenters. The Hall–Kier alpha value is -3.06. The molecule has 1 N–H and O–H groups in total. The molecule has 1 heterocycles. The number of benzene rings is 2. The number of hydrogen-bond donors (Lipinski definition) is 1. The highest BCUT2D eigenvalue weighted by Gasteiger charge is 2.08. The van der Waals surface area contributed by atoms with Crippen LogP contribution >= 0.6 is 0 Å². The zero-order valence-corrected chi connectivity index (χ0v) is 11.5. The summed E-state index contributed by atoms with van der Waals surface area (Å²) in [6, 6.07) is 16.4. The van der Waals surface area contributed by atoms with Crippen molar-refractivity contribution in [3.63, 3.8) is 0 Å². The maximum Gasteiger partial charge on any atom is 0.255 e. The van der Waals surface area contributed by atoms with E-state index < -0.39 is 0 Å². The van der Waals surface area contributed by atoms with E-state index in [1.165, 1.54) is 0 Å². The minimum atomic E-state index is -0.162. The number of aromatic nitrogens is 1. The number of nitrogens with one attached hydrogen (secondary N) is 1. The zero-order valence-electron chi connectivity index (χ0n) is 11.5. The average Bonchev–Trinajstić information content (AvgIpc) is 2.89. The quantitative estimate of drug-likeness (QED) is 0.780. The number of carbonyl (C=O) groups is 1. The fourth-order valence-electron chi connectivity index (χ4n) is 2.25. The van der Waals surface area contributed by atoms with Crippen LogP contribution in [0.25, 0.3) is 10.9 Å². The molecule has 4 nitrogen and oxygen atoms in total.